The van der Waals surface area contributed by atoms with Crippen molar-refractivity contribution in [2.24, 2.45) is 0 Å². The first-order valence-electron chi connectivity index (χ1n) is 5.26. The molecule has 0 aliphatic carbocycles. The van der Waals surface area contributed by atoms with E-state index in [1.54, 1.807) is 0 Å². The van der Waals surface area contributed by atoms with Gasteiger partial charge in [-0.15, -0.1) is 0 Å². The van der Waals surface area contributed by atoms with Crippen LogP contribution in [0, 0.1) is 0 Å². The van der Waals surface area contributed by atoms with Crippen molar-refractivity contribution in [3.63, 3.8) is 0 Å². The maximum atomic E-state index is 5.67. The largest absolute Gasteiger partial charge is 0.495 e. The van der Waals surface area contributed by atoms with E-state index in [9.17, 15) is 0 Å². The summed E-state index contributed by atoms with van der Waals surface area (Å²) >= 11 is 0. The Balaban J connectivity index is 4.05. The van der Waals surface area contributed by atoms with Gasteiger partial charge in [-0.1, -0.05) is 32.1 Å². The SMILES string of the molecule is C=C(C=CC)C=C(C)OC(C)CCC. The third-order valence-electron chi connectivity index (χ3n) is 1.85. The van der Waals surface area contributed by atoms with Crippen LogP contribution in [-0.2, 0) is 4.74 Å². The highest BCUT2D eigenvalue weighted by Gasteiger charge is 2.00. The minimum atomic E-state index is 0.301. The van der Waals surface area contributed by atoms with Gasteiger partial charge >= 0.3 is 0 Å². The molecule has 0 radical (unpaired) electrons. The van der Waals surface area contributed by atoms with Gasteiger partial charge in [0, 0.05) is 0 Å². The lowest BCUT2D eigenvalue weighted by atomic mass is 10.2. The predicted molar refractivity (Wildman–Crippen MR) is 63.2 cm³/mol. The van der Waals surface area contributed by atoms with Crippen LogP contribution in [0.25, 0.3) is 0 Å². The summed E-state index contributed by atoms with van der Waals surface area (Å²) in [5, 5.41) is 0. The molecule has 0 aromatic rings. The molecule has 1 atom stereocenters. The van der Waals surface area contributed by atoms with Gasteiger partial charge in [-0.05, 0) is 38.8 Å². The van der Waals surface area contributed by atoms with Gasteiger partial charge in [0.2, 0.25) is 0 Å². The molecule has 0 rings (SSSR count). The molecule has 0 aliphatic heterocycles. The average molecular weight is 194 g/mol. The van der Waals surface area contributed by atoms with Gasteiger partial charge < -0.3 is 4.74 Å². The first kappa shape index (κ1) is 13.0. The van der Waals surface area contributed by atoms with Crippen molar-refractivity contribution >= 4 is 0 Å². The summed E-state index contributed by atoms with van der Waals surface area (Å²) in [5.41, 5.74) is 0.980. The fourth-order valence-electron chi connectivity index (χ4n) is 1.34. The van der Waals surface area contributed by atoms with Crippen molar-refractivity contribution in [3.05, 3.63) is 36.1 Å². The van der Waals surface area contributed by atoms with Crippen LogP contribution in [-0.4, -0.2) is 6.10 Å². The van der Waals surface area contributed by atoms with Gasteiger partial charge in [-0.2, -0.15) is 0 Å². The summed E-state index contributed by atoms with van der Waals surface area (Å²) in [6, 6.07) is 0. The maximum Gasteiger partial charge on any atom is 0.0954 e. The monoisotopic (exact) mass is 194 g/mol. The molecule has 1 heteroatoms. The van der Waals surface area contributed by atoms with Crippen LogP contribution in [0.15, 0.2) is 36.1 Å². The van der Waals surface area contributed by atoms with Crippen molar-refractivity contribution in [1.82, 2.24) is 0 Å². The predicted octanol–water partition coefficient (Wildman–Crippen LogP) is 4.23. The van der Waals surface area contributed by atoms with E-state index in [0.717, 1.165) is 24.2 Å². The van der Waals surface area contributed by atoms with Crippen molar-refractivity contribution < 1.29 is 4.74 Å². The lowest BCUT2D eigenvalue weighted by molar-refractivity contribution is 0.124. The van der Waals surface area contributed by atoms with Crippen LogP contribution in [0.2, 0.25) is 0 Å². The Morgan fingerprint density at radius 1 is 1.50 bits per heavy atom. The zero-order valence-electron chi connectivity index (χ0n) is 9.84. The number of rotatable bonds is 6. The summed E-state index contributed by atoms with van der Waals surface area (Å²) in [6.45, 7) is 12.1. The Labute approximate surface area is 88.2 Å². The first-order chi connectivity index (χ1) is 6.60. The molecule has 0 amide bonds. The van der Waals surface area contributed by atoms with Gasteiger partial charge in [0.25, 0.3) is 0 Å². The van der Waals surface area contributed by atoms with E-state index >= 15 is 0 Å². The quantitative estimate of drug-likeness (QED) is 0.454. The van der Waals surface area contributed by atoms with Crippen LogP contribution < -0.4 is 0 Å². The minimum absolute atomic E-state index is 0.301. The third-order valence-corrected chi connectivity index (χ3v) is 1.85. The lowest BCUT2D eigenvalue weighted by Gasteiger charge is -2.13. The Hall–Kier alpha value is -0.980. The molecule has 14 heavy (non-hydrogen) atoms. The van der Waals surface area contributed by atoms with Crippen molar-refractivity contribution in [3.8, 4) is 0 Å². The van der Waals surface area contributed by atoms with Crippen LogP contribution in [0.1, 0.15) is 40.5 Å². The van der Waals surface area contributed by atoms with Gasteiger partial charge in [-0.3, -0.25) is 0 Å². The number of hydrogen-bond acceptors (Lipinski definition) is 1. The van der Waals surface area contributed by atoms with E-state index in [1.165, 1.54) is 0 Å². The molecule has 0 aromatic carbocycles. The summed E-state index contributed by atoms with van der Waals surface area (Å²) in [4.78, 5) is 0. The molecule has 80 valence electrons. The molecule has 0 saturated heterocycles. The number of hydrogen-bond donors (Lipinski definition) is 0. The van der Waals surface area contributed by atoms with Crippen LogP contribution in [0.5, 0.6) is 0 Å². The molecule has 0 N–H and O–H groups in total. The average Bonchev–Trinajstić information content (AvgIpc) is 2.03. The summed E-state index contributed by atoms with van der Waals surface area (Å²) in [5.74, 6) is 0.939. The Bertz CT molecular complexity index is 223. The van der Waals surface area contributed by atoms with Gasteiger partial charge in [-0.25, -0.2) is 0 Å². The van der Waals surface area contributed by atoms with Gasteiger partial charge in [0.05, 0.1) is 11.9 Å². The fourth-order valence-corrected chi connectivity index (χ4v) is 1.34. The highest BCUT2D eigenvalue weighted by atomic mass is 16.5. The van der Waals surface area contributed by atoms with E-state index in [0.29, 0.717) is 6.10 Å². The molecule has 0 aliphatic rings. The van der Waals surface area contributed by atoms with Crippen molar-refractivity contribution in [2.75, 3.05) is 0 Å². The molecule has 0 heterocycles. The molecule has 0 saturated carbocycles. The topological polar surface area (TPSA) is 9.23 Å². The minimum Gasteiger partial charge on any atom is -0.495 e. The zero-order valence-corrected chi connectivity index (χ0v) is 9.84. The molecule has 0 aromatic heterocycles. The molecule has 1 nitrogen and oxygen atoms in total. The van der Waals surface area contributed by atoms with E-state index in [2.05, 4.69) is 20.4 Å². The highest BCUT2D eigenvalue weighted by Crippen LogP contribution is 2.09. The van der Waals surface area contributed by atoms with Crippen molar-refractivity contribution in [2.45, 2.75) is 46.6 Å². The Morgan fingerprint density at radius 2 is 2.14 bits per heavy atom. The Kier molecular flexibility index (Phi) is 6.91. The molecule has 0 bridgehead atoms. The van der Waals surface area contributed by atoms with Crippen LogP contribution in [0.4, 0.5) is 0 Å². The molecular weight excluding hydrogens is 172 g/mol. The molecule has 0 fully saturated rings. The molecule has 0 spiro atoms. The van der Waals surface area contributed by atoms with E-state index in [-0.39, 0.29) is 0 Å². The third kappa shape index (κ3) is 6.53. The fraction of sp³-hybridized carbons (Fsp3) is 0.538. The van der Waals surface area contributed by atoms with Crippen LogP contribution in [0.3, 0.4) is 0 Å². The van der Waals surface area contributed by atoms with E-state index in [1.807, 2.05) is 32.1 Å². The van der Waals surface area contributed by atoms with Gasteiger partial charge in [0.15, 0.2) is 0 Å². The zero-order chi connectivity index (χ0) is 11.0. The summed E-state index contributed by atoms with van der Waals surface area (Å²) < 4.78 is 5.67. The maximum absolute atomic E-state index is 5.67. The second-order valence-electron chi connectivity index (χ2n) is 3.55. The van der Waals surface area contributed by atoms with Gasteiger partial charge in [0.1, 0.15) is 0 Å². The standard InChI is InChI=1S/C13H22O/c1-6-8-11(3)10-13(5)14-12(4)9-7-2/h6,8,10,12H,3,7,9H2,1-2,4-5H3. The van der Waals surface area contributed by atoms with E-state index in [4.69, 9.17) is 4.74 Å². The first-order valence-corrected chi connectivity index (χ1v) is 5.26. The number of allylic oxidation sites excluding steroid dienone is 5. The molecule has 1 unspecified atom stereocenters. The summed E-state index contributed by atoms with van der Waals surface area (Å²) in [6.07, 6.45) is 8.46. The number of ether oxygens (including phenoxy) is 1. The highest BCUT2D eigenvalue weighted by molar-refractivity contribution is 5.28. The summed E-state index contributed by atoms with van der Waals surface area (Å²) in [7, 11) is 0. The Morgan fingerprint density at radius 3 is 2.64 bits per heavy atom. The van der Waals surface area contributed by atoms with Crippen molar-refractivity contribution in [1.29, 1.82) is 0 Å². The van der Waals surface area contributed by atoms with Crippen LogP contribution >= 0.6 is 0 Å². The smallest absolute Gasteiger partial charge is 0.0954 e. The second kappa shape index (κ2) is 7.43. The van der Waals surface area contributed by atoms with E-state index < -0.39 is 0 Å². The normalized spacial score (nSPS) is 14.4. The molecular formula is C13H22O. The lowest BCUT2D eigenvalue weighted by Crippen LogP contribution is -2.05. The second-order valence-corrected chi connectivity index (χ2v) is 3.55.